The molecule has 0 bridgehead atoms. The van der Waals surface area contributed by atoms with Crippen molar-refractivity contribution in [3.8, 4) is 0 Å². The molecule has 3 rings (SSSR count). The first kappa shape index (κ1) is 14.1. The zero-order chi connectivity index (χ0) is 15.0. The van der Waals surface area contributed by atoms with E-state index in [1.54, 1.807) is 0 Å². The van der Waals surface area contributed by atoms with Crippen LogP contribution in [0.3, 0.4) is 0 Å². The van der Waals surface area contributed by atoms with Crippen LogP contribution in [0, 0.1) is 24.7 Å². The first-order chi connectivity index (χ1) is 10.1. The topological polar surface area (TPSA) is 49.4 Å². The van der Waals surface area contributed by atoms with E-state index in [2.05, 4.69) is 12.2 Å². The summed E-state index contributed by atoms with van der Waals surface area (Å²) in [5.74, 6) is 0.412. The summed E-state index contributed by atoms with van der Waals surface area (Å²) < 4.78 is 0. The number of anilines is 1. The number of likely N-dealkylation sites (tertiary alicyclic amines) is 1. The van der Waals surface area contributed by atoms with Gasteiger partial charge in [-0.15, -0.1) is 0 Å². The van der Waals surface area contributed by atoms with E-state index in [9.17, 15) is 9.59 Å². The molecule has 1 aromatic carbocycles. The molecule has 1 aliphatic carbocycles. The molecular formula is C17H22N2O2. The first-order valence-corrected chi connectivity index (χ1v) is 7.72. The molecule has 0 spiro atoms. The second-order valence-corrected chi connectivity index (χ2v) is 6.44. The monoisotopic (exact) mass is 286 g/mol. The van der Waals surface area contributed by atoms with Gasteiger partial charge in [0.25, 0.3) is 0 Å². The lowest BCUT2D eigenvalue weighted by Crippen LogP contribution is -2.35. The Morgan fingerprint density at radius 3 is 2.48 bits per heavy atom. The van der Waals surface area contributed by atoms with Crippen molar-refractivity contribution >= 4 is 17.5 Å². The third-order valence-electron chi connectivity index (χ3n) is 4.77. The van der Waals surface area contributed by atoms with E-state index >= 15 is 0 Å². The number of hydrogen-bond acceptors (Lipinski definition) is 3. The van der Waals surface area contributed by atoms with Crippen LogP contribution in [-0.4, -0.2) is 23.4 Å². The van der Waals surface area contributed by atoms with Gasteiger partial charge >= 0.3 is 0 Å². The molecule has 1 N–H and O–H groups in total. The fourth-order valence-corrected chi connectivity index (χ4v) is 3.46. The lowest BCUT2D eigenvalue weighted by molar-refractivity contribution is -0.139. The van der Waals surface area contributed by atoms with Crippen LogP contribution in [-0.2, 0) is 9.59 Å². The van der Waals surface area contributed by atoms with Crippen molar-refractivity contribution in [3.63, 3.8) is 0 Å². The first-order valence-electron chi connectivity index (χ1n) is 7.72. The highest BCUT2D eigenvalue weighted by molar-refractivity contribution is 6.05. The number of aryl methyl sites for hydroxylation is 1. The van der Waals surface area contributed by atoms with Gasteiger partial charge in [0.1, 0.15) is 0 Å². The van der Waals surface area contributed by atoms with Crippen molar-refractivity contribution in [2.45, 2.75) is 33.1 Å². The SMILES string of the molecule is Cc1ccc(NCN2C(=O)[C@@H]3CC[C@H](C)C[C@H]3C2=O)cc1. The molecule has 2 aliphatic rings. The van der Waals surface area contributed by atoms with Crippen LogP contribution in [0.25, 0.3) is 0 Å². The summed E-state index contributed by atoms with van der Waals surface area (Å²) in [6.45, 7) is 4.48. The number of fused-ring (bicyclic) bond motifs is 1. The molecular weight excluding hydrogens is 264 g/mol. The molecule has 112 valence electrons. The Morgan fingerprint density at radius 2 is 1.76 bits per heavy atom. The molecule has 4 heteroatoms. The maximum atomic E-state index is 12.4. The van der Waals surface area contributed by atoms with E-state index in [1.807, 2.05) is 31.2 Å². The maximum Gasteiger partial charge on any atom is 0.234 e. The van der Waals surface area contributed by atoms with E-state index in [-0.39, 0.29) is 30.3 Å². The van der Waals surface area contributed by atoms with Crippen molar-refractivity contribution in [1.82, 2.24) is 4.90 Å². The Kier molecular flexibility index (Phi) is 3.70. The fraction of sp³-hybridized carbons (Fsp3) is 0.529. The molecule has 1 aliphatic heterocycles. The molecule has 1 aromatic rings. The largest absolute Gasteiger partial charge is 0.367 e. The standard InChI is InChI=1S/C17H22N2O2/c1-11-3-6-13(7-4-11)18-10-19-16(20)14-8-5-12(2)9-15(14)17(19)21/h3-4,6-7,12,14-15,18H,5,8-10H2,1-2H3/t12-,14+,15+/m0/s1. The quantitative estimate of drug-likeness (QED) is 0.869. The van der Waals surface area contributed by atoms with Crippen LogP contribution in [0.1, 0.15) is 31.7 Å². The minimum Gasteiger partial charge on any atom is -0.367 e. The van der Waals surface area contributed by atoms with Crippen LogP contribution in [0.2, 0.25) is 0 Å². The minimum absolute atomic E-state index is 0.0103. The van der Waals surface area contributed by atoms with Crippen molar-refractivity contribution < 1.29 is 9.59 Å². The smallest absolute Gasteiger partial charge is 0.234 e. The normalized spacial score (nSPS) is 28.7. The van der Waals surface area contributed by atoms with E-state index in [1.165, 1.54) is 10.5 Å². The van der Waals surface area contributed by atoms with Gasteiger partial charge in [0.15, 0.2) is 0 Å². The Labute approximate surface area is 125 Å². The predicted molar refractivity (Wildman–Crippen MR) is 81.5 cm³/mol. The van der Waals surface area contributed by atoms with Gasteiger partial charge in [-0.1, -0.05) is 24.6 Å². The summed E-state index contributed by atoms with van der Waals surface area (Å²) in [5.41, 5.74) is 2.12. The van der Waals surface area contributed by atoms with Gasteiger partial charge in [0, 0.05) is 5.69 Å². The lowest BCUT2D eigenvalue weighted by atomic mass is 9.76. The summed E-state index contributed by atoms with van der Waals surface area (Å²) >= 11 is 0. The molecule has 2 amide bonds. The molecule has 3 atom stereocenters. The van der Waals surface area contributed by atoms with Crippen LogP contribution in [0.5, 0.6) is 0 Å². The number of nitrogens with zero attached hydrogens (tertiary/aromatic N) is 1. The van der Waals surface area contributed by atoms with Crippen molar-refractivity contribution in [2.75, 3.05) is 12.0 Å². The van der Waals surface area contributed by atoms with E-state index < -0.39 is 0 Å². The second kappa shape index (κ2) is 5.51. The van der Waals surface area contributed by atoms with Crippen LogP contribution < -0.4 is 5.32 Å². The molecule has 0 unspecified atom stereocenters. The molecule has 1 saturated heterocycles. The predicted octanol–water partition coefficient (Wildman–Crippen LogP) is 2.79. The number of amides is 2. The fourth-order valence-electron chi connectivity index (χ4n) is 3.46. The van der Waals surface area contributed by atoms with Gasteiger partial charge in [-0.2, -0.15) is 0 Å². The van der Waals surface area contributed by atoms with Crippen LogP contribution in [0.4, 0.5) is 5.69 Å². The van der Waals surface area contributed by atoms with Crippen molar-refractivity contribution in [1.29, 1.82) is 0 Å². The van der Waals surface area contributed by atoms with Crippen molar-refractivity contribution in [3.05, 3.63) is 29.8 Å². The van der Waals surface area contributed by atoms with Gasteiger partial charge in [0.05, 0.1) is 18.5 Å². The highest BCUT2D eigenvalue weighted by atomic mass is 16.2. The summed E-state index contributed by atoms with van der Waals surface area (Å²) in [6.07, 6.45) is 2.77. The number of carbonyl (C=O) groups is 2. The van der Waals surface area contributed by atoms with E-state index in [4.69, 9.17) is 0 Å². The van der Waals surface area contributed by atoms with Crippen molar-refractivity contribution in [2.24, 2.45) is 17.8 Å². The Hall–Kier alpha value is -1.84. The highest BCUT2D eigenvalue weighted by Gasteiger charge is 2.49. The Morgan fingerprint density at radius 1 is 1.10 bits per heavy atom. The second-order valence-electron chi connectivity index (χ2n) is 6.44. The number of nitrogens with one attached hydrogen (secondary N) is 1. The summed E-state index contributed by atoms with van der Waals surface area (Å²) in [5, 5.41) is 3.18. The molecule has 1 heterocycles. The average Bonchev–Trinajstić information content (AvgIpc) is 2.70. The number of hydrogen-bond donors (Lipinski definition) is 1. The number of rotatable bonds is 3. The molecule has 2 fully saturated rings. The van der Waals surface area contributed by atoms with Gasteiger partial charge in [-0.25, -0.2) is 0 Å². The molecule has 1 saturated carbocycles. The van der Waals surface area contributed by atoms with E-state index in [0.717, 1.165) is 24.9 Å². The molecule has 4 nitrogen and oxygen atoms in total. The zero-order valence-electron chi connectivity index (χ0n) is 12.6. The average molecular weight is 286 g/mol. The van der Waals surface area contributed by atoms with Crippen LogP contribution >= 0.6 is 0 Å². The molecule has 21 heavy (non-hydrogen) atoms. The highest BCUT2D eigenvalue weighted by Crippen LogP contribution is 2.40. The third kappa shape index (κ3) is 2.67. The Balaban J connectivity index is 1.67. The van der Waals surface area contributed by atoms with Gasteiger partial charge in [0.2, 0.25) is 11.8 Å². The third-order valence-corrected chi connectivity index (χ3v) is 4.77. The number of benzene rings is 1. The summed E-state index contributed by atoms with van der Waals surface area (Å²) in [7, 11) is 0. The van der Waals surface area contributed by atoms with Gasteiger partial charge in [-0.05, 0) is 44.2 Å². The summed E-state index contributed by atoms with van der Waals surface area (Å²) in [6, 6.07) is 7.96. The summed E-state index contributed by atoms with van der Waals surface area (Å²) in [4.78, 5) is 26.2. The zero-order valence-corrected chi connectivity index (χ0v) is 12.6. The van der Waals surface area contributed by atoms with Crippen LogP contribution in [0.15, 0.2) is 24.3 Å². The molecule has 0 radical (unpaired) electrons. The van der Waals surface area contributed by atoms with E-state index in [0.29, 0.717) is 5.92 Å². The van der Waals surface area contributed by atoms with Gasteiger partial charge in [-0.3, -0.25) is 14.5 Å². The lowest BCUT2D eigenvalue weighted by Gasteiger charge is -2.25. The Bertz CT molecular complexity index is 552. The number of carbonyl (C=O) groups excluding carboxylic acids is 2. The van der Waals surface area contributed by atoms with Gasteiger partial charge < -0.3 is 5.32 Å². The maximum absolute atomic E-state index is 12.4. The number of imide groups is 1. The minimum atomic E-state index is -0.0823. The molecule has 0 aromatic heterocycles.